The van der Waals surface area contributed by atoms with Gasteiger partial charge in [0.25, 0.3) is 0 Å². The fraction of sp³-hybridized carbons (Fsp3) is 0.571. The van der Waals surface area contributed by atoms with Crippen LogP contribution in [-0.4, -0.2) is 29.9 Å². The number of halogens is 1. The average Bonchev–Trinajstić information content (AvgIpc) is 2.39. The van der Waals surface area contributed by atoms with Gasteiger partial charge in [0.2, 0.25) is 0 Å². The molecule has 2 rings (SSSR count). The monoisotopic (exact) mass is 313 g/mol. The Balaban J connectivity index is 2.17. The molecule has 100 valence electrons. The first-order valence-corrected chi connectivity index (χ1v) is 7.29. The summed E-state index contributed by atoms with van der Waals surface area (Å²) in [5.41, 5.74) is 2.09. The molecule has 0 aromatic heterocycles. The minimum atomic E-state index is 0.0732. The molecule has 1 aromatic carbocycles. The van der Waals surface area contributed by atoms with Crippen LogP contribution in [0.5, 0.6) is 0 Å². The third kappa shape index (κ3) is 3.25. The van der Waals surface area contributed by atoms with Crippen LogP contribution in [0.15, 0.2) is 22.7 Å². The van der Waals surface area contributed by atoms with E-state index < -0.39 is 0 Å². The summed E-state index contributed by atoms with van der Waals surface area (Å²) in [6.07, 6.45) is 3.22. The van der Waals surface area contributed by atoms with Gasteiger partial charge in [-0.15, -0.1) is 0 Å². The van der Waals surface area contributed by atoms with Crippen LogP contribution in [0.2, 0.25) is 0 Å². The van der Waals surface area contributed by atoms with Crippen molar-refractivity contribution in [3.63, 3.8) is 0 Å². The molecule has 18 heavy (non-hydrogen) atoms. The van der Waals surface area contributed by atoms with Crippen molar-refractivity contribution < 1.29 is 10.2 Å². The van der Waals surface area contributed by atoms with E-state index in [-0.39, 0.29) is 13.2 Å². The summed E-state index contributed by atoms with van der Waals surface area (Å²) in [5.74, 6) is 0.564. The lowest BCUT2D eigenvalue weighted by atomic mass is 9.94. The smallest absolute Gasteiger partial charge is 0.0702 e. The van der Waals surface area contributed by atoms with Crippen LogP contribution in [0.3, 0.4) is 0 Å². The van der Waals surface area contributed by atoms with Crippen molar-refractivity contribution in [2.45, 2.75) is 25.9 Å². The second-order valence-electron chi connectivity index (χ2n) is 4.90. The van der Waals surface area contributed by atoms with Crippen LogP contribution in [-0.2, 0) is 6.61 Å². The second kappa shape index (κ2) is 6.55. The van der Waals surface area contributed by atoms with Crippen molar-refractivity contribution in [3.8, 4) is 0 Å². The molecule has 0 radical (unpaired) electrons. The van der Waals surface area contributed by atoms with Crippen molar-refractivity contribution in [1.29, 1.82) is 0 Å². The molecule has 1 aliphatic rings. The molecule has 3 nitrogen and oxygen atoms in total. The number of benzene rings is 1. The SMILES string of the molecule is OCCC1CCCN(c2cc(Br)ccc2CO)C1. The first-order chi connectivity index (χ1) is 8.74. The maximum Gasteiger partial charge on any atom is 0.0702 e. The molecule has 0 saturated carbocycles. The largest absolute Gasteiger partial charge is 0.396 e. The lowest BCUT2D eigenvalue weighted by Gasteiger charge is -2.35. The number of aliphatic hydroxyl groups is 2. The number of aliphatic hydroxyl groups excluding tert-OH is 2. The zero-order chi connectivity index (χ0) is 13.0. The Bertz CT molecular complexity index is 395. The Labute approximate surface area is 117 Å². The van der Waals surface area contributed by atoms with E-state index in [4.69, 9.17) is 5.11 Å². The molecule has 0 aliphatic carbocycles. The first kappa shape index (κ1) is 13.8. The summed E-state index contributed by atoms with van der Waals surface area (Å²) < 4.78 is 1.04. The number of hydrogen-bond donors (Lipinski definition) is 2. The number of hydrogen-bond acceptors (Lipinski definition) is 3. The summed E-state index contributed by atoms with van der Waals surface area (Å²) in [6, 6.07) is 6.01. The highest BCUT2D eigenvalue weighted by Gasteiger charge is 2.21. The molecule has 1 heterocycles. The quantitative estimate of drug-likeness (QED) is 0.898. The summed E-state index contributed by atoms with van der Waals surface area (Å²) in [5, 5.41) is 18.5. The van der Waals surface area contributed by atoms with Crippen LogP contribution < -0.4 is 4.90 Å². The van der Waals surface area contributed by atoms with E-state index in [1.54, 1.807) is 0 Å². The second-order valence-corrected chi connectivity index (χ2v) is 5.81. The minimum Gasteiger partial charge on any atom is -0.396 e. The zero-order valence-corrected chi connectivity index (χ0v) is 12.1. The minimum absolute atomic E-state index is 0.0732. The maximum absolute atomic E-state index is 9.43. The average molecular weight is 314 g/mol. The van der Waals surface area contributed by atoms with Gasteiger partial charge in [-0.3, -0.25) is 0 Å². The fourth-order valence-corrected chi connectivity index (χ4v) is 3.02. The highest BCUT2D eigenvalue weighted by molar-refractivity contribution is 9.10. The lowest BCUT2D eigenvalue weighted by Crippen LogP contribution is -2.36. The molecular weight excluding hydrogens is 294 g/mol. The highest BCUT2D eigenvalue weighted by atomic mass is 79.9. The molecule has 1 saturated heterocycles. The van der Waals surface area contributed by atoms with Gasteiger partial charge in [-0.1, -0.05) is 22.0 Å². The van der Waals surface area contributed by atoms with Gasteiger partial charge >= 0.3 is 0 Å². The van der Waals surface area contributed by atoms with Gasteiger partial charge < -0.3 is 15.1 Å². The molecule has 4 heteroatoms. The Morgan fingerprint density at radius 3 is 2.89 bits per heavy atom. The predicted molar refractivity (Wildman–Crippen MR) is 76.7 cm³/mol. The van der Waals surface area contributed by atoms with E-state index >= 15 is 0 Å². The lowest BCUT2D eigenvalue weighted by molar-refractivity contribution is 0.243. The summed E-state index contributed by atoms with van der Waals surface area (Å²) >= 11 is 3.49. The van der Waals surface area contributed by atoms with Crippen molar-refractivity contribution >= 4 is 21.6 Å². The van der Waals surface area contributed by atoms with E-state index in [1.807, 2.05) is 12.1 Å². The van der Waals surface area contributed by atoms with E-state index in [9.17, 15) is 5.11 Å². The van der Waals surface area contributed by atoms with Crippen molar-refractivity contribution in [2.24, 2.45) is 5.92 Å². The van der Waals surface area contributed by atoms with E-state index in [2.05, 4.69) is 26.9 Å². The summed E-state index contributed by atoms with van der Waals surface area (Å²) in [7, 11) is 0. The van der Waals surface area contributed by atoms with Gasteiger partial charge in [0.15, 0.2) is 0 Å². The fourth-order valence-electron chi connectivity index (χ4n) is 2.67. The number of nitrogens with zero attached hydrogens (tertiary/aromatic N) is 1. The third-order valence-corrected chi connectivity index (χ3v) is 4.11. The number of anilines is 1. The predicted octanol–water partition coefficient (Wildman–Crippen LogP) is 2.54. The van der Waals surface area contributed by atoms with Gasteiger partial charge in [0.05, 0.1) is 6.61 Å². The third-order valence-electron chi connectivity index (χ3n) is 3.61. The van der Waals surface area contributed by atoms with Crippen LogP contribution in [0.1, 0.15) is 24.8 Å². The summed E-state index contributed by atoms with van der Waals surface area (Å²) in [6.45, 7) is 2.35. The van der Waals surface area contributed by atoms with Gasteiger partial charge in [-0.2, -0.15) is 0 Å². The molecule has 2 N–H and O–H groups in total. The van der Waals surface area contributed by atoms with Crippen molar-refractivity contribution in [3.05, 3.63) is 28.2 Å². The van der Waals surface area contributed by atoms with Gasteiger partial charge in [-0.25, -0.2) is 0 Å². The first-order valence-electron chi connectivity index (χ1n) is 6.49. The Kier molecular flexibility index (Phi) is 5.03. The topological polar surface area (TPSA) is 43.7 Å². The van der Waals surface area contributed by atoms with Crippen LogP contribution in [0.25, 0.3) is 0 Å². The molecule has 1 atom stereocenters. The van der Waals surface area contributed by atoms with Crippen LogP contribution in [0.4, 0.5) is 5.69 Å². The van der Waals surface area contributed by atoms with Gasteiger partial charge in [-0.05, 0) is 37.3 Å². The summed E-state index contributed by atoms with van der Waals surface area (Å²) in [4.78, 5) is 2.33. The van der Waals surface area contributed by atoms with Gasteiger partial charge in [0, 0.05) is 35.4 Å². The van der Waals surface area contributed by atoms with Crippen molar-refractivity contribution in [2.75, 3.05) is 24.6 Å². The van der Waals surface area contributed by atoms with E-state index in [0.717, 1.165) is 41.7 Å². The van der Waals surface area contributed by atoms with Crippen LogP contribution >= 0.6 is 15.9 Å². The molecule has 1 aliphatic heterocycles. The molecule has 1 unspecified atom stereocenters. The Morgan fingerprint density at radius 1 is 1.33 bits per heavy atom. The standard InChI is InChI=1S/C14H20BrNO2/c15-13-4-3-12(10-18)14(8-13)16-6-1-2-11(9-16)5-7-17/h3-4,8,11,17-18H,1-2,5-7,9-10H2. The van der Waals surface area contributed by atoms with Gasteiger partial charge in [0.1, 0.15) is 0 Å². The zero-order valence-electron chi connectivity index (χ0n) is 10.5. The maximum atomic E-state index is 9.43. The molecular formula is C14H20BrNO2. The highest BCUT2D eigenvalue weighted by Crippen LogP contribution is 2.30. The number of rotatable bonds is 4. The van der Waals surface area contributed by atoms with Crippen molar-refractivity contribution in [1.82, 2.24) is 0 Å². The molecule has 1 fully saturated rings. The molecule has 0 amide bonds. The Morgan fingerprint density at radius 2 is 2.17 bits per heavy atom. The molecule has 0 spiro atoms. The molecule has 1 aromatic rings. The van der Waals surface area contributed by atoms with E-state index in [0.29, 0.717) is 5.92 Å². The van der Waals surface area contributed by atoms with E-state index in [1.165, 1.54) is 6.42 Å². The Hall–Kier alpha value is -0.580. The number of piperidine rings is 1. The van der Waals surface area contributed by atoms with Crippen LogP contribution in [0, 0.1) is 5.92 Å². The molecule has 0 bridgehead atoms. The normalized spacial score (nSPS) is 20.2.